The first-order chi connectivity index (χ1) is 8.24. The molecule has 17 heavy (non-hydrogen) atoms. The molecule has 7 rings (SSSR count). The Labute approximate surface area is 98.3 Å². The minimum Gasteiger partial charge on any atom is -0.481 e. The molecule has 4 bridgehead atoms. The summed E-state index contributed by atoms with van der Waals surface area (Å²) in [6, 6.07) is 0. The maximum absolute atomic E-state index is 11.9. The highest BCUT2D eigenvalue weighted by Gasteiger charge is 3.00. The Morgan fingerprint density at radius 1 is 1.18 bits per heavy atom. The average Bonchev–Trinajstić information content (AvgIpc) is 2.92. The van der Waals surface area contributed by atoms with Gasteiger partial charge in [-0.2, -0.15) is 0 Å². The van der Waals surface area contributed by atoms with Crippen molar-refractivity contribution in [3.05, 3.63) is 0 Å². The van der Waals surface area contributed by atoms with Crippen molar-refractivity contribution in [3.63, 3.8) is 0 Å². The summed E-state index contributed by atoms with van der Waals surface area (Å²) in [5.41, 5.74) is -0.445. The van der Waals surface area contributed by atoms with Crippen LogP contribution in [0.5, 0.6) is 0 Å². The Hall–Kier alpha value is -0.610. The molecule has 1 spiro atoms. The standard InChI is InChI=1S/C13H14O4/c14-11(15)12-5-3-4-6-7(5)8(12)9(6)13(10(4)12)16-1-2-17-13/h4-10H,1-3H2,(H,14,15)/t4-,5-,6-,7-,8-,9-,10-,12+/m1/s1. The lowest BCUT2D eigenvalue weighted by atomic mass is 9.34. The molecule has 1 aliphatic heterocycles. The molecule has 4 nitrogen and oxygen atoms in total. The molecule has 1 heterocycles. The Morgan fingerprint density at radius 2 is 1.94 bits per heavy atom. The zero-order chi connectivity index (χ0) is 11.2. The van der Waals surface area contributed by atoms with E-state index in [1.165, 1.54) is 0 Å². The molecule has 6 saturated carbocycles. The van der Waals surface area contributed by atoms with Crippen molar-refractivity contribution in [2.45, 2.75) is 12.2 Å². The van der Waals surface area contributed by atoms with Crippen LogP contribution in [0.3, 0.4) is 0 Å². The van der Waals surface area contributed by atoms with Crippen LogP contribution in [-0.4, -0.2) is 30.1 Å². The molecular formula is C13H14O4. The van der Waals surface area contributed by atoms with E-state index in [0.29, 0.717) is 42.8 Å². The molecule has 6 aliphatic carbocycles. The molecule has 1 N–H and O–H groups in total. The second-order valence-electron chi connectivity index (χ2n) is 6.85. The molecule has 0 radical (unpaired) electrons. The third kappa shape index (κ3) is 0.473. The van der Waals surface area contributed by atoms with Gasteiger partial charge in [0.1, 0.15) is 0 Å². The van der Waals surface area contributed by atoms with Gasteiger partial charge in [0.15, 0.2) is 5.79 Å². The van der Waals surface area contributed by atoms with Gasteiger partial charge in [0, 0.05) is 11.8 Å². The van der Waals surface area contributed by atoms with E-state index in [4.69, 9.17) is 9.47 Å². The van der Waals surface area contributed by atoms with E-state index in [1.54, 1.807) is 0 Å². The Morgan fingerprint density at radius 3 is 2.65 bits per heavy atom. The molecule has 90 valence electrons. The van der Waals surface area contributed by atoms with Gasteiger partial charge in [0.25, 0.3) is 0 Å². The highest BCUT2D eigenvalue weighted by Crippen LogP contribution is 2.96. The molecule has 7 fully saturated rings. The van der Waals surface area contributed by atoms with E-state index in [0.717, 1.165) is 12.3 Å². The first-order valence-corrected chi connectivity index (χ1v) is 6.76. The first-order valence-electron chi connectivity index (χ1n) is 6.76. The second-order valence-corrected chi connectivity index (χ2v) is 6.85. The van der Waals surface area contributed by atoms with Gasteiger partial charge in [0.05, 0.1) is 18.6 Å². The predicted octanol–water partition coefficient (Wildman–Crippen LogP) is 0.572. The molecule has 4 heteroatoms. The third-order valence-corrected chi connectivity index (χ3v) is 7.26. The number of aliphatic carboxylic acids is 1. The van der Waals surface area contributed by atoms with Crippen LogP contribution in [0.2, 0.25) is 0 Å². The number of carboxylic acid groups (broad SMARTS) is 1. The molecule has 8 atom stereocenters. The van der Waals surface area contributed by atoms with Gasteiger partial charge in [-0.25, -0.2) is 0 Å². The van der Waals surface area contributed by atoms with Crippen LogP contribution in [0, 0.1) is 46.8 Å². The van der Waals surface area contributed by atoms with Crippen LogP contribution in [-0.2, 0) is 14.3 Å². The smallest absolute Gasteiger partial charge is 0.310 e. The lowest BCUT2D eigenvalue weighted by Crippen LogP contribution is -2.70. The summed E-state index contributed by atoms with van der Waals surface area (Å²) >= 11 is 0. The SMILES string of the molecule is O=C(O)[C@]12[C@@H]3[C@H]4[C@H]5[C@@H](C[C@H]41)[C@H]2C1(OCCO1)[C@H]53. The first kappa shape index (κ1) is 8.48. The minimum atomic E-state index is -0.560. The summed E-state index contributed by atoms with van der Waals surface area (Å²) in [6.07, 6.45) is 1.13. The maximum atomic E-state index is 11.9. The molecule has 0 aromatic heterocycles. The summed E-state index contributed by atoms with van der Waals surface area (Å²) < 4.78 is 11.9. The van der Waals surface area contributed by atoms with Crippen molar-refractivity contribution in [1.29, 1.82) is 0 Å². The highest BCUT2D eigenvalue weighted by molar-refractivity contribution is 5.82. The monoisotopic (exact) mass is 234 g/mol. The average molecular weight is 234 g/mol. The fourth-order valence-corrected chi connectivity index (χ4v) is 7.51. The molecule has 0 unspecified atom stereocenters. The van der Waals surface area contributed by atoms with Crippen molar-refractivity contribution in [2.75, 3.05) is 13.2 Å². The van der Waals surface area contributed by atoms with Crippen LogP contribution >= 0.6 is 0 Å². The highest BCUT2D eigenvalue weighted by atomic mass is 16.7. The summed E-state index contributed by atoms with van der Waals surface area (Å²) in [5.74, 6) is 2.44. The Bertz CT molecular complexity index is 482. The van der Waals surface area contributed by atoms with Gasteiger partial charge in [-0.05, 0) is 36.0 Å². The molecule has 0 amide bonds. The molecular weight excluding hydrogens is 220 g/mol. The van der Waals surface area contributed by atoms with Gasteiger partial charge in [-0.15, -0.1) is 0 Å². The quantitative estimate of drug-likeness (QED) is 0.720. The molecule has 1 saturated heterocycles. The van der Waals surface area contributed by atoms with Crippen molar-refractivity contribution >= 4 is 5.97 Å². The van der Waals surface area contributed by atoms with Gasteiger partial charge in [-0.1, -0.05) is 0 Å². The summed E-state index contributed by atoms with van der Waals surface area (Å²) in [5, 5.41) is 9.76. The summed E-state index contributed by atoms with van der Waals surface area (Å²) in [6.45, 7) is 1.31. The van der Waals surface area contributed by atoms with Crippen molar-refractivity contribution in [1.82, 2.24) is 0 Å². The normalized spacial score (nSPS) is 69.8. The summed E-state index contributed by atoms with van der Waals surface area (Å²) in [7, 11) is 0. The predicted molar refractivity (Wildman–Crippen MR) is 53.8 cm³/mol. The largest absolute Gasteiger partial charge is 0.481 e. The van der Waals surface area contributed by atoms with E-state index in [9.17, 15) is 9.90 Å². The lowest BCUT2D eigenvalue weighted by Gasteiger charge is -2.67. The fraction of sp³-hybridized carbons (Fsp3) is 0.923. The molecule has 7 aliphatic rings. The number of rotatable bonds is 1. The number of hydrogen-bond donors (Lipinski definition) is 1. The van der Waals surface area contributed by atoms with Gasteiger partial charge in [-0.3, -0.25) is 4.79 Å². The number of carboxylic acids is 1. The molecule has 0 aromatic rings. The third-order valence-electron chi connectivity index (χ3n) is 7.26. The Balaban J connectivity index is 1.64. The van der Waals surface area contributed by atoms with E-state index in [1.807, 2.05) is 0 Å². The second kappa shape index (κ2) is 1.95. The van der Waals surface area contributed by atoms with E-state index in [2.05, 4.69) is 0 Å². The summed E-state index contributed by atoms with van der Waals surface area (Å²) in [4.78, 5) is 11.9. The minimum absolute atomic E-state index is 0.171. The van der Waals surface area contributed by atoms with Crippen LogP contribution in [0.15, 0.2) is 0 Å². The van der Waals surface area contributed by atoms with E-state index in [-0.39, 0.29) is 5.92 Å². The zero-order valence-electron chi connectivity index (χ0n) is 9.33. The van der Waals surface area contributed by atoms with E-state index >= 15 is 0 Å². The van der Waals surface area contributed by atoms with Gasteiger partial charge >= 0.3 is 5.97 Å². The Kier molecular flexibility index (Phi) is 0.975. The molecule has 0 aromatic carbocycles. The zero-order valence-corrected chi connectivity index (χ0v) is 9.33. The topological polar surface area (TPSA) is 55.8 Å². The van der Waals surface area contributed by atoms with Crippen molar-refractivity contribution in [3.8, 4) is 0 Å². The van der Waals surface area contributed by atoms with Crippen LogP contribution in [0.4, 0.5) is 0 Å². The van der Waals surface area contributed by atoms with Crippen molar-refractivity contribution < 1.29 is 19.4 Å². The maximum Gasteiger partial charge on any atom is 0.310 e. The number of hydrogen-bond acceptors (Lipinski definition) is 3. The van der Waals surface area contributed by atoms with Gasteiger partial charge in [0.2, 0.25) is 0 Å². The van der Waals surface area contributed by atoms with Crippen LogP contribution in [0.25, 0.3) is 0 Å². The fourth-order valence-electron chi connectivity index (χ4n) is 7.51. The number of carbonyl (C=O) groups is 1. The van der Waals surface area contributed by atoms with Crippen molar-refractivity contribution in [2.24, 2.45) is 46.8 Å². The van der Waals surface area contributed by atoms with Gasteiger partial charge < -0.3 is 14.6 Å². The van der Waals surface area contributed by atoms with Crippen LogP contribution in [0.1, 0.15) is 6.42 Å². The number of ether oxygens (including phenoxy) is 2. The van der Waals surface area contributed by atoms with E-state index < -0.39 is 17.2 Å². The lowest BCUT2D eigenvalue weighted by molar-refractivity contribution is -0.252. The van der Waals surface area contributed by atoms with Crippen LogP contribution < -0.4 is 0 Å².